The SMILES string of the molecule is CCN(C(=O)[C@H]1C[C@H]1c1cnn(C)c1)c1ccccc1. The van der Waals surface area contributed by atoms with Crippen LogP contribution in [0.3, 0.4) is 0 Å². The van der Waals surface area contributed by atoms with E-state index in [0.29, 0.717) is 12.5 Å². The lowest BCUT2D eigenvalue weighted by Crippen LogP contribution is -2.32. The predicted octanol–water partition coefficient (Wildman–Crippen LogP) is 2.58. The molecule has 0 aliphatic heterocycles. The Kier molecular flexibility index (Phi) is 3.30. The van der Waals surface area contributed by atoms with Gasteiger partial charge in [0.2, 0.25) is 5.91 Å². The maximum atomic E-state index is 12.6. The smallest absolute Gasteiger partial charge is 0.230 e. The Morgan fingerprint density at radius 3 is 2.75 bits per heavy atom. The number of amides is 1. The molecule has 2 aromatic rings. The monoisotopic (exact) mass is 269 g/mol. The number of carbonyl (C=O) groups is 1. The van der Waals surface area contributed by atoms with Gasteiger partial charge < -0.3 is 4.90 Å². The van der Waals surface area contributed by atoms with E-state index in [-0.39, 0.29) is 11.8 Å². The van der Waals surface area contributed by atoms with Crippen LogP contribution in [0.1, 0.15) is 24.8 Å². The van der Waals surface area contributed by atoms with Gasteiger partial charge in [0.15, 0.2) is 0 Å². The molecule has 4 heteroatoms. The van der Waals surface area contributed by atoms with E-state index in [0.717, 1.165) is 12.1 Å². The molecule has 0 saturated heterocycles. The van der Waals surface area contributed by atoms with E-state index >= 15 is 0 Å². The summed E-state index contributed by atoms with van der Waals surface area (Å²) in [5.41, 5.74) is 2.16. The van der Waals surface area contributed by atoms with Crippen LogP contribution in [0, 0.1) is 5.92 Å². The quantitative estimate of drug-likeness (QED) is 0.855. The van der Waals surface area contributed by atoms with Crippen LogP contribution in [0.25, 0.3) is 0 Å². The number of aryl methyl sites for hydroxylation is 1. The summed E-state index contributed by atoms with van der Waals surface area (Å²) in [6.07, 6.45) is 4.82. The molecule has 4 nitrogen and oxygen atoms in total. The molecule has 3 rings (SSSR count). The summed E-state index contributed by atoms with van der Waals surface area (Å²) >= 11 is 0. The Bertz CT molecular complexity index is 605. The van der Waals surface area contributed by atoms with Gasteiger partial charge in [0.25, 0.3) is 0 Å². The second kappa shape index (κ2) is 5.12. The van der Waals surface area contributed by atoms with Crippen molar-refractivity contribution < 1.29 is 4.79 Å². The summed E-state index contributed by atoms with van der Waals surface area (Å²) in [4.78, 5) is 14.5. The summed E-state index contributed by atoms with van der Waals surface area (Å²) in [6, 6.07) is 9.89. The standard InChI is InChI=1S/C16H19N3O/c1-3-19(13-7-5-4-6-8-13)16(20)15-9-14(15)12-10-17-18(2)11-12/h4-8,10-11,14-15H,3,9H2,1-2H3/t14-,15-/m0/s1. The van der Waals surface area contributed by atoms with Crippen molar-refractivity contribution in [1.82, 2.24) is 9.78 Å². The highest BCUT2D eigenvalue weighted by atomic mass is 16.2. The largest absolute Gasteiger partial charge is 0.312 e. The molecule has 1 fully saturated rings. The minimum absolute atomic E-state index is 0.111. The molecule has 104 valence electrons. The van der Waals surface area contributed by atoms with Crippen LogP contribution in [0.5, 0.6) is 0 Å². The van der Waals surface area contributed by atoms with Gasteiger partial charge in [-0.2, -0.15) is 5.10 Å². The van der Waals surface area contributed by atoms with Gasteiger partial charge >= 0.3 is 0 Å². The lowest BCUT2D eigenvalue weighted by atomic mass is 10.1. The van der Waals surface area contributed by atoms with Gasteiger partial charge in [0.1, 0.15) is 0 Å². The minimum atomic E-state index is 0.111. The third kappa shape index (κ3) is 2.33. The van der Waals surface area contributed by atoms with Gasteiger partial charge in [-0.1, -0.05) is 18.2 Å². The zero-order valence-corrected chi connectivity index (χ0v) is 11.9. The van der Waals surface area contributed by atoms with E-state index in [4.69, 9.17) is 0 Å². The molecule has 0 N–H and O–H groups in total. The number of benzene rings is 1. The molecular formula is C16H19N3O. The molecule has 1 amide bonds. The zero-order valence-electron chi connectivity index (χ0n) is 11.9. The predicted molar refractivity (Wildman–Crippen MR) is 78.5 cm³/mol. The Labute approximate surface area is 119 Å². The van der Waals surface area contributed by atoms with E-state index < -0.39 is 0 Å². The van der Waals surface area contributed by atoms with Crippen LogP contribution in [0.2, 0.25) is 0 Å². The molecule has 1 aromatic heterocycles. The summed E-state index contributed by atoms with van der Waals surface area (Å²) < 4.78 is 1.80. The molecule has 20 heavy (non-hydrogen) atoms. The van der Waals surface area contributed by atoms with Gasteiger partial charge in [-0.05, 0) is 37.0 Å². The first kappa shape index (κ1) is 12.9. The van der Waals surface area contributed by atoms with Crippen LogP contribution in [-0.2, 0) is 11.8 Å². The molecule has 2 atom stereocenters. The normalized spacial score (nSPS) is 20.7. The highest BCUT2D eigenvalue weighted by molar-refractivity contribution is 5.97. The molecule has 0 radical (unpaired) electrons. The number of para-hydroxylation sites is 1. The van der Waals surface area contributed by atoms with E-state index in [2.05, 4.69) is 5.10 Å². The van der Waals surface area contributed by atoms with Crippen LogP contribution in [0.15, 0.2) is 42.7 Å². The summed E-state index contributed by atoms with van der Waals surface area (Å²) in [5.74, 6) is 0.681. The van der Waals surface area contributed by atoms with Gasteiger partial charge in [-0.15, -0.1) is 0 Å². The van der Waals surface area contributed by atoms with Crippen molar-refractivity contribution in [2.24, 2.45) is 13.0 Å². The minimum Gasteiger partial charge on any atom is -0.312 e. The second-order valence-electron chi connectivity index (χ2n) is 5.31. The summed E-state index contributed by atoms with van der Waals surface area (Å²) in [6.45, 7) is 2.73. The summed E-state index contributed by atoms with van der Waals surface area (Å²) in [5, 5.41) is 4.19. The highest BCUT2D eigenvalue weighted by Crippen LogP contribution is 2.48. The highest BCUT2D eigenvalue weighted by Gasteiger charge is 2.46. The van der Waals surface area contributed by atoms with Gasteiger partial charge in [0, 0.05) is 31.4 Å². The zero-order chi connectivity index (χ0) is 14.1. The molecule has 1 saturated carbocycles. The van der Waals surface area contributed by atoms with Crippen LogP contribution < -0.4 is 4.90 Å². The van der Waals surface area contributed by atoms with Crippen molar-refractivity contribution in [3.05, 3.63) is 48.3 Å². The maximum absolute atomic E-state index is 12.6. The second-order valence-corrected chi connectivity index (χ2v) is 5.31. The maximum Gasteiger partial charge on any atom is 0.230 e. The molecule has 1 aliphatic rings. The van der Waals surface area contributed by atoms with E-state index in [1.54, 1.807) is 4.68 Å². The topological polar surface area (TPSA) is 38.1 Å². The lowest BCUT2D eigenvalue weighted by molar-refractivity contribution is -0.119. The number of nitrogens with zero attached hydrogens (tertiary/aromatic N) is 3. The Morgan fingerprint density at radius 1 is 1.40 bits per heavy atom. The fourth-order valence-electron chi connectivity index (χ4n) is 2.74. The van der Waals surface area contributed by atoms with Gasteiger partial charge in [0.05, 0.1) is 6.20 Å². The third-order valence-electron chi connectivity index (χ3n) is 3.91. The first-order valence-electron chi connectivity index (χ1n) is 7.05. The van der Waals surface area contributed by atoms with Crippen molar-refractivity contribution in [3.8, 4) is 0 Å². The number of anilines is 1. The Balaban J connectivity index is 1.73. The van der Waals surface area contributed by atoms with Gasteiger partial charge in [-0.3, -0.25) is 9.48 Å². The third-order valence-corrected chi connectivity index (χ3v) is 3.91. The van der Waals surface area contributed by atoms with Crippen molar-refractivity contribution in [2.45, 2.75) is 19.3 Å². The summed E-state index contributed by atoms with van der Waals surface area (Å²) in [7, 11) is 1.91. The first-order chi connectivity index (χ1) is 9.70. The number of hydrogen-bond donors (Lipinski definition) is 0. The number of hydrogen-bond acceptors (Lipinski definition) is 2. The average Bonchev–Trinajstić information content (AvgIpc) is 3.16. The molecule has 0 bridgehead atoms. The van der Waals surface area contributed by atoms with Crippen LogP contribution in [0.4, 0.5) is 5.69 Å². The number of rotatable bonds is 4. The van der Waals surface area contributed by atoms with Crippen molar-refractivity contribution >= 4 is 11.6 Å². The molecule has 0 spiro atoms. The van der Waals surface area contributed by atoms with Crippen molar-refractivity contribution in [3.63, 3.8) is 0 Å². The van der Waals surface area contributed by atoms with E-state index in [9.17, 15) is 4.79 Å². The van der Waals surface area contributed by atoms with Crippen LogP contribution in [-0.4, -0.2) is 22.2 Å². The van der Waals surface area contributed by atoms with Crippen molar-refractivity contribution in [2.75, 3.05) is 11.4 Å². The molecular weight excluding hydrogens is 250 g/mol. The molecule has 1 heterocycles. The fourth-order valence-corrected chi connectivity index (χ4v) is 2.74. The van der Waals surface area contributed by atoms with Crippen molar-refractivity contribution in [1.29, 1.82) is 0 Å². The Morgan fingerprint density at radius 2 is 2.15 bits per heavy atom. The van der Waals surface area contributed by atoms with Crippen LogP contribution >= 0.6 is 0 Å². The lowest BCUT2D eigenvalue weighted by Gasteiger charge is -2.21. The molecule has 0 unspecified atom stereocenters. The number of carbonyl (C=O) groups excluding carboxylic acids is 1. The van der Waals surface area contributed by atoms with Gasteiger partial charge in [-0.25, -0.2) is 0 Å². The number of aromatic nitrogens is 2. The van der Waals surface area contributed by atoms with E-state index in [1.165, 1.54) is 5.56 Å². The first-order valence-corrected chi connectivity index (χ1v) is 7.05. The average molecular weight is 269 g/mol. The fraction of sp³-hybridized carbons (Fsp3) is 0.375. The molecule has 1 aliphatic carbocycles. The van der Waals surface area contributed by atoms with E-state index in [1.807, 2.05) is 61.6 Å². The Hall–Kier alpha value is -2.10. The molecule has 1 aromatic carbocycles.